The molecule has 0 fully saturated rings. The Morgan fingerprint density at radius 3 is 1.32 bits per heavy atom. The summed E-state index contributed by atoms with van der Waals surface area (Å²) >= 11 is 0. The molecule has 41 heavy (non-hydrogen) atoms. The smallest absolute Gasteiger partial charge is 0.331 e. The van der Waals surface area contributed by atoms with Gasteiger partial charge in [-0.1, -0.05) is 71.1 Å². The highest BCUT2D eigenvalue weighted by molar-refractivity contribution is 5.81. The average molecular weight is 575 g/mol. The lowest BCUT2D eigenvalue weighted by Crippen LogP contribution is -2.30. The van der Waals surface area contributed by atoms with E-state index in [0.717, 1.165) is 57.2 Å². The number of aromatic nitrogens is 3. The third-order valence-electron chi connectivity index (χ3n) is 6.06. The van der Waals surface area contributed by atoms with Gasteiger partial charge in [-0.25, -0.2) is 14.4 Å². The quantitative estimate of drug-likeness (QED) is 0.0611. The topological polar surface area (TPSA) is 127 Å². The number of rotatable bonds is 23. The van der Waals surface area contributed by atoms with Crippen LogP contribution in [0.25, 0.3) is 0 Å². The van der Waals surface area contributed by atoms with Crippen molar-refractivity contribution in [2.45, 2.75) is 64.2 Å². The third-order valence-corrected chi connectivity index (χ3v) is 6.06. The van der Waals surface area contributed by atoms with Crippen molar-refractivity contribution in [3.05, 3.63) is 38.0 Å². The number of ether oxygens (including phenoxy) is 3. The van der Waals surface area contributed by atoms with Crippen molar-refractivity contribution < 1.29 is 28.6 Å². The Bertz CT molecular complexity index is 940. The monoisotopic (exact) mass is 574 g/mol. The van der Waals surface area contributed by atoms with Crippen molar-refractivity contribution in [2.24, 2.45) is 0 Å². The second kappa shape index (κ2) is 20.9. The summed E-state index contributed by atoms with van der Waals surface area (Å²) in [5.74, 6) is -0.414. The lowest BCUT2D eigenvalue weighted by molar-refractivity contribution is -0.138. The molecule has 0 N–H and O–H groups in total. The van der Waals surface area contributed by atoms with Crippen LogP contribution < -0.4 is 14.7 Å². The number of nitrogens with zero attached hydrogens (tertiary/aromatic N) is 6. The Morgan fingerprint density at radius 2 is 0.902 bits per heavy atom. The van der Waals surface area contributed by atoms with Crippen LogP contribution in [0.1, 0.15) is 64.2 Å². The normalized spacial score (nSPS) is 10.3. The molecule has 0 spiro atoms. The maximum Gasteiger partial charge on any atom is 0.331 e. The molecular formula is C29H46N6O6. The number of carbonyl (C=O) groups excluding carboxylic acids is 3. The molecular weight excluding hydrogens is 528 g/mol. The van der Waals surface area contributed by atoms with Crippen molar-refractivity contribution in [2.75, 3.05) is 62.5 Å². The molecule has 1 aromatic heterocycles. The van der Waals surface area contributed by atoms with Crippen LogP contribution in [0.15, 0.2) is 38.0 Å². The zero-order valence-corrected chi connectivity index (χ0v) is 24.9. The highest BCUT2D eigenvalue weighted by Gasteiger charge is 2.17. The van der Waals surface area contributed by atoms with E-state index in [1.165, 1.54) is 31.8 Å². The van der Waals surface area contributed by atoms with Crippen molar-refractivity contribution in [3.63, 3.8) is 0 Å². The molecule has 0 aromatic carbocycles. The molecule has 1 aromatic rings. The highest BCUT2D eigenvalue weighted by atomic mass is 16.5. The van der Waals surface area contributed by atoms with Crippen LogP contribution in [0.2, 0.25) is 0 Å². The Balaban J connectivity index is 2.51. The van der Waals surface area contributed by atoms with E-state index in [4.69, 9.17) is 14.2 Å². The Kier molecular flexibility index (Phi) is 17.9. The first-order valence-electron chi connectivity index (χ1n) is 14.0. The van der Waals surface area contributed by atoms with Crippen molar-refractivity contribution in [1.82, 2.24) is 15.0 Å². The Labute approximate surface area is 244 Å². The van der Waals surface area contributed by atoms with E-state index in [0.29, 0.717) is 24.5 Å². The Hall–Kier alpha value is -3.96. The molecule has 12 heteroatoms. The van der Waals surface area contributed by atoms with Gasteiger partial charge in [-0.15, -0.1) is 0 Å². The van der Waals surface area contributed by atoms with Gasteiger partial charge < -0.3 is 28.9 Å². The van der Waals surface area contributed by atoms with Crippen LogP contribution in [0, 0.1) is 0 Å². The van der Waals surface area contributed by atoms with E-state index in [2.05, 4.69) is 34.7 Å². The number of anilines is 3. The first kappa shape index (κ1) is 35.1. The predicted molar refractivity (Wildman–Crippen MR) is 160 cm³/mol. The first-order valence-corrected chi connectivity index (χ1v) is 14.0. The van der Waals surface area contributed by atoms with E-state index in [-0.39, 0.29) is 19.4 Å². The maximum atomic E-state index is 11.5. The molecule has 0 amide bonds. The van der Waals surface area contributed by atoms with Gasteiger partial charge in [0.1, 0.15) is 0 Å². The van der Waals surface area contributed by atoms with Gasteiger partial charge in [0.2, 0.25) is 17.8 Å². The third kappa shape index (κ3) is 15.4. The fourth-order valence-electron chi connectivity index (χ4n) is 3.61. The zero-order valence-electron chi connectivity index (χ0n) is 24.9. The molecule has 0 aliphatic heterocycles. The molecule has 0 saturated heterocycles. The number of esters is 3. The summed E-state index contributed by atoms with van der Waals surface area (Å²) < 4.78 is 15.2. The molecule has 0 atom stereocenters. The van der Waals surface area contributed by atoms with E-state index >= 15 is 0 Å². The molecule has 1 heterocycles. The summed E-state index contributed by atoms with van der Waals surface area (Å²) in [6, 6.07) is 0. The van der Waals surface area contributed by atoms with Gasteiger partial charge in [-0.3, -0.25) is 0 Å². The summed E-state index contributed by atoms with van der Waals surface area (Å²) in [6.45, 7) is 11.3. The van der Waals surface area contributed by atoms with Gasteiger partial charge in [0.15, 0.2) is 13.5 Å². The van der Waals surface area contributed by atoms with Crippen LogP contribution in [-0.4, -0.2) is 80.6 Å². The summed E-state index contributed by atoms with van der Waals surface area (Å²) in [5.41, 5.74) is 0. The largest absolute Gasteiger partial charge is 0.463 e. The highest BCUT2D eigenvalue weighted by Crippen LogP contribution is 2.18. The summed E-state index contributed by atoms with van der Waals surface area (Å²) in [4.78, 5) is 52.6. The second-order valence-electron chi connectivity index (χ2n) is 9.55. The van der Waals surface area contributed by atoms with Crippen molar-refractivity contribution in [1.29, 1.82) is 0 Å². The van der Waals surface area contributed by atoms with Gasteiger partial charge in [0.25, 0.3) is 0 Å². The Morgan fingerprint density at radius 1 is 0.561 bits per heavy atom. The van der Waals surface area contributed by atoms with E-state index < -0.39 is 11.9 Å². The molecule has 12 nitrogen and oxygen atoms in total. The maximum absolute atomic E-state index is 11.5. The molecule has 1 rings (SSSR count). The van der Waals surface area contributed by atoms with Gasteiger partial charge in [0, 0.05) is 45.9 Å². The molecule has 0 bridgehead atoms. The van der Waals surface area contributed by atoms with Crippen molar-refractivity contribution >= 4 is 35.8 Å². The molecule has 0 aliphatic carbocycles. The van der Waals surface area contributed by atoms with Gasteiger partial charge >= 0.3 is 17.9 Å². The van der Waals surface area contributed by atoms with E-state index in [1.807, 2.05) is 11.9 Å². The van der Waals surface area contributed by atoms with E-state index in [1.54, 1.807) is 23.9 Å². The van der Waals surface area contributed by atoms with Crippen LogP contribution >= 0.6 is 0 Å². The number of unbranched alkanes of at least 4 members (excludes halogenated alkanes) is 9. The van der Waals surface area contributed by atoms with Crippen molar-refractivity contribution in [3.8, 4) is 0 Å². The van der Waals surface area contributed by atoms with Crippen LogP contribution in [0.3, 0.4) is 0 Å². The minimum atomic E-state index is -0.555. The first-order chi connectivity index (χ1) is 19.7. The fourth-order valence-corrected chi connectivity index (χ4v) is 3.61. The molecule has 228 valence electrons. The molecule has 0 aliphatic rings. The predicted octanol–water partition coefficient (Wildman–Crippen LogP) is 4.18. The van der Waals surface area contributed by atoms with Crippen LogP contribution in [0.5, 0.6) is 0 Å². The average Bonchev–Trinajstić information content (AvgIpc) is 2.99. The lowest BCUT2D eigenvalue weighted by Gasteiger charge is -2.24. The van der Waals surface area contributed by atoms with Gasteiger partial charge in [-0.05, 0) is 12.8 Å². The van der Waals surface area contributed by atoms with Gasteiger partial charge in [0.05, 0.1) is 6.61 Å². The molecule has 0 saturated carbocycles. The number of carbonyl (C=O) groups is 3. The number of hydrogen-bond acceptors (Lipinski definition) is 12. The van der Waals surface area contributed by atoms with E-state index in [9.17, 15) is 14.4 Å². The molecule has 0 radical (unpaired) electrons. The minimum absolute atomic E-state index is 0.0716. The number of hydrogen-bond donors (Lipinski definition) is 0. The second-order valence-corrected chi connectivity index (χ2v) is 9.55. The molecule has 0 unspecified atom stereocenters. The fraction of sp³-hybridized carbons (Fsp3) is 0.586. The lowest BCUT2D eigenvalue weighted by atomic mass is 10.1. The summed E-state index contributed by atoms with van der Waals surface area (Å²) in [5, 5.41) is 0. The zero-order chi connectivity index (χ0) is 30.5. The minimum Gasteiger partial charge on any atom is -0.463 e. The van der Waals surface area contributed by atoms with Crippen LogP contribution in [0.4, 0.5) is 17.8 Å². The summed E-state index contributed by atoms with van der Waals surface area (Å²) in [7, 11) is 5.30. The van der Waals surface area contributed by atoms with Crippen LogP contribution in [-0.2, 0) is 28.6 Å². The SMILES string of the molecule is C=CC(=O)OCCCCCCCCCCCCN(C)c1nc(N(C)COC(=O)C=C)nc(N(C)COC(=O)C=C)n1. The van der Waals surface area contributed by atoms with Gasteiger partial charge in [-0.2, -0.15) is 15.0 Å². The standard InChI is InChI=1S/C29H46N6O6/c1-7-24(36)39-21-19-17-15-13-11-10-12-14-16-18-20-33(4)27-30-28(34(5)22-40-25(37)8-2)32-29(31-27)35(6)23-41-26(38)9-3/h7-9H,1-3,10-23H2,4-6H3. The summed E-state index contributed by atoms with van der Waals surface area (Å²) in [6.07, 6.45) is 14.6.